The highest BCUT2D eigenvalue weighted by atomic mass is 19.3. The van der Waals surface area contributed by atoms with Gasteiger partial charge in [-0.15, -0.1) is 0 Å². The number of hydrogen-bond donors (Lipinski definition) is 1. The Labute approximate surface area is 100 Å². The Bertz CT molecular complexity index is 345. The topological polar surface area (TPSA) is 29.9 Å². The lowest BCUT2D eigenvalue weighted by molar-refractivity contribution is 0.0664. The molecule has 0 spiro atoms. The molecule has 1 aliphatic rings. The molecule has 1 N–H and O–H groups in total. The predicted molar refractivity (Wildman–Crippen MR) is 61.7 cm³/mol. The lowest BCUT2D eigenvalue weighted by Gasteiger charge is -2.20. The van der Waals surface area contributed by atoms with Crippen LogP contribution in [-0.2, 0) is 6.54 Å². The number of hydrogen-bond acceptors (Lipinski definition) is 2. The van der Waals surface area contributed by atoms with Gasteiger partial charge in [0.05, 0.1) is 6.54 Å². The fraction of sp³-hybridized carbons (Fsp3) is 0.750. The molecule has 0 bridgehead atoms. The minimum atomic E-state index is -2.50. The Kier molecular flexibility index (Phi) is 4.10. The van der Waals surface area contributed by atoms with Crippen LogP contribution in [0.3, 0.4) is 0 Å². The Morgan fingerprint density at radius 2 is 2.18 bits per heavy atom. The maximum Gasteiger partial charge on any atom is 0.319 e. The highest BCUT2D eigenvalue weighted by molar-refractivity contribution is 4.93. The van der Waals surface area contributed by atoms with Crippen molar-refractivity contribution in [2.45, 2.75) is 51.7 Å². The summed E-state index contributed by atoms with van der Waals surface area (Å²) in [6.45, 7) is 0.0387. The van der Waals surface area contributed by atoms with Crippen LogP contribution >= 0.6 is 0 Å². The van der Waals surface area contributed by atoms with Crippen molar-refractivity contribution in [1.29, 1.82) is 0 Å². The van der Waals surface area contributed by atoms with E-state index in [2.05, 4.69) is 17.2 Å². The fourth-order valence-electron chi connectivity index (χ4n) is 2.53. The maximum atomic E-state index is 12.6. The van der Waals surface area contributed by atoms with Crippen LogP contribution in [0.2, 0.25) is 0 Å². The highest BCUT2D eigenvalue weighted by Gasteiger charge is 2.21. The smallest absolute Gasteiger partial charge is 0.307 e. The molecule has 0 radical (unpaired) electrons. The average Bonchev–Trinajstić information content (AvgIpc) is 2.96. The molecule has 0 unspecified atom stereocenters. The number of nitrogens with one attached hydrogen (secondary N) is 1. The number of alkyl halides is 2. The van der Waals surface area contributed by atoms with Crippen molar-refractivity contribution in [2.24, 2.45) is 5.92 Å². The van der Waals surface area contributed by atoms with Crippen LogP contribution in [0, 0.1) is 5.92 Å². The first-order valence-electron chi connectivity index (χ1n) is 6.21. The van der Waals surface area contributed by atoms with Crippen molar-refractivity contribution < 1.29 is 8.78 Å². The summed E-state index contributed by atoms with van der Waals surface area (Å²) >= 11 is 0. The molecule has 0 saturated heterocycles. The van der Waals surface area contributed by atoms with Gasteiger partial charge in [-0.25, -0.2) is 4.98 Å². The molecular weight excluding hydrogens is 224 g/mol. The lowest BCUT2D eigenvalue weighted by atomic mass is 10.00. The molecule has 1 aliphatic carbocycles. The molecule has 0 aliphatic heterocycles. The van der Waals surface area contributed by atoms with E-state index in [0.29, 0.717) is 24.3 Å². The predicted octanol–water partition coefficient (Wildman–Crippen LogP) is 2.95. The molecule has 1 aromatic rings. The third-order valence-corrected chi connectivity index (χ3v) is 3.65. The third-order valence-electron chi connectivity index (χ3n) is 3.65. The van der Waals surface area contributed by atoms with Crippen molar-refractivity contribution in [1.82, 2.24) is 14.9 Å². The van der Waals surface area contributed by atoms with E-state index >= 15 is 0 Å². The minimum absolute atomic E-state index is 0.375. The van der Waals surface area contributed by atoms with E-state index in [-0.39, 0.29) is 0 Å². The first-order chi connectivity index (χ1) is 8.18. The van der Waals surface area contributed by atoms with Crippen LogP contribution in [0.4, 0.5) is 8.78 Å². The quantitative estimate of drug-likeness (QED) is 0.861. The van der Waals surface area contributed by atoms with Gasteiger partial charge in [0.1, 0.15) is 5.82 Å². The summed E-state index contributed by atoms with van der Waals surface area (Å²) < 4.78 is 26.1. The van der Waals surface area contributed by atoms with E-state index in [1.165, 1.54) is 38.1 Å². The van der Waals surface area contributed by atoms with Crippen LogP contribution in [0.5, 0.6) is 0 Å². The van der Waals surface area contributed by atoms with Crippen molar-refractivity contribution >= 4 is 0 Å². The Morgan fingerprint density at radius 3 is 2.82 bits per heavy atom. The third kappa shape index (κ3) is 3.03. The zero-order valence-electron chi connectivity index (χ0n) is 10.1. The van der Waals surface area contributed by atoms with E-state index in [1.54, 1.807) is 0 Å². The van der Waals surface area contributed by atoms with Gasteiger partial charge in [-0.1, -0.05) is 12.8 Å². The number of rotatable bonds is 5. The van der Waals surface area contributed by atoms with Crippen LogP contribution < -0.4 is 5.32 Å². The summed E-state index contributed by atoms with van der Waals surface area (Å²) in [4.78, 5) is 3.96. The number of nitrogens with zero attached hydrogens (tertiary/aromatic N) is 2. The average molecular weight is 243 g/mol. The van der Waals surface area contributed by atoms with Crippen LogP contribution in [0.15, 0.2) is 12.4 Å². The largest absolute Gasteiger partial charge is 0.319 e. The summed E-state index contributed by atoms with van der Waals surface area (Å²) in [7, 11) is 0. The van der Waals surface area contributed by atoms with E-state index < -0.39 is 6.55 Å². The molecule has 1 saturated carbocycles. The molecular formula is C12H19F2N3. The van der Waals surface area contributed by atoms with Crippen LogP contribution in [-0.4, -0.2) is 15.6 Å². The van der Waals surface area contributed by atoms with Gasteiger partial charge in [0.25, 0.3) is 0 Å². The SMILES string of the molecule is C[C@H](NCc1nccn1C(F)F)C1CCCC1. The maximum absolute atomic E-state index is 12.6. The molecule has 0 aromatic carbocycles. The summed E-state index contributed by atoms with van der Waals surface area (Å²) in [6.07, 6.45) is 7.82. The minimum Gasteiger partial charge on any atom is -0.307 e. The molecule has 2 rings (SSSR count). The second-order valence-electron chi connectivity index (χ2n) is 4.74. The molecule has 1 atom stereocenters. The van der Waals surface area contributed by atoms with Crippen LogP contribution in [0.25, 0.3) is 0 Å². The summed E-state index contributed by atoms with van der Waals surface area (Å²) in [5.74, 6) is 1.09. The van der Waals surface area contributed by atoms with E-state index in [4.69, 9.17) is 0 Å². The van der Waals surface area contributed by atoms with Crippen molar-refractivity contribution in [3.05, 3.63) is 18.2 Å². The van der Waals surface area contributed by atoms with E-state index in [9.17, 15) is 8.78 Å². The fourth-order valence-corrected chi connectivity index (χ4v) is 2.53. The molecule has 1 heterocycles. The van der Waals surface area contributed by atoms with Crippen molar-refractivity contribution in [2.75, 3.05) is 0 Å². The second kappa shape index (κ2) is 5.58. The van der Waals surface area contributed by atoms with E-state index in [0.717, 1.165) is 4.57 Å². The van der Waals surface area contributed by atoms with Gasteiger partial charge in [-0.05, 0) is 25.7 Å². The Hall–Kier alpha value is -0.970. The molecule has 17 heavy (non-hydrogen) atoms. The van der Waals surface area contributed by atoms with Gasteiger partial charge in [-0.2, -0.15) is 8.78 Å². The zero-order valence-corrected chi connectivity index (χ0v) is 10.1. The highest BCUT2D eigenvalue weighted by Crippen LogP contribution is 2.27. The molecule has 3 nitrogen and oxygen atoms in total. The summed E-state index contributed by atoms with van der Waals surface area (Å²) in [5, 5.41) is 3.31. The van der Waals surface area contributed by atoms with E-state index in [1.807, 2.05) is 0 Å². The van der Waals surface area contributed by atoms with Crippen LogP contribution in [0.1, 0.15) is 45.0 Å². The number of halogens is 2. The zero-order chi connectivity index (χ0) is 12.3. The van der Waals surface area contributed by atoms with Gasteiger partial charge in [0.2, 0.25) is 0 Å². The summed E-state index contributed by atoms with van der Waals surface area (Å²) in [5.41, 5.74) is 0. The number of aromatic nitrogens is 2. The summed E-state index contributed by atoms with van der Waals surface area (Å²) in [6, 6.07) is 0.375. The molecule has 96 valence electrons. The molecule has 5 heteroatoms. The Morgan fingerprint density at radius 1 is 1.47 bits per heavy atom. The first kappa shape index (κ1) is 12.5. The van der Waals surface area contributed by atoms with Gasteiger partial charge in [0.15, 0.2) is 0 Å². The molecule has 1 aromatic heterocycles. The normalized spacial score (nSPS) is 19.1. The van der Waals surface area contributed by atoms with Crippen molar-refractivity contribution in [3.8, 4) is 0 Å². The first-order valence-corrected chi connectivity index (χ1v) is 6.21. The standard InChI is InChI=1S/C12H19F2N3/c1-9(10-4-2-3-5-10)16-8-11-15-6-7-17(11)12(13)14/h6-7,9-10,12,16H,2-5,8H2,1H3/t9-/m0/s1. The van der Waals surface area contributed by atoms with Gasteiger partial charge in [0, 0.05) is 18.4 Å². The monoisotopic (exact) mass is 243 g/mol. The lowest BCUT2D eigenvalue weighted by Crippen LogP contribution is -2.32. The van der Waals surface area contributed by atoms with Gasteiger partial charge >= 0.3 is 6.55 Å². The van der Waals surface area contributed by atoms with Gasteiger partial charge in [-0.3, -0.25) is 4.57 Å². The van der Waals surface area contributed by atoms with Gasteiger partial charge < -0.3 is 5.32 Å². The number of imidazole rings is 1. The molecule has 0 amide bonds. The Balaban J connectivity index is 1.86. The van der Waals surface area contributed by atoms with Crippen molar-refractivity contribution in [3.63, 3.8) is 0 Å². The molecule has 1 fully saturated rings. The second-order valence-corrected chi connectivity index (χ2v) is 4.74.